The number of rotatable bonds is 5. The molecule has 4 saturated carbocycles. The van der Waals surface area contributed by atoms with E-state index < -0.39 is 0 Å². The molecular weight excluding hydrogens is 354 g/mol. The second kappa shape index (κ2) is 5.96. The highest BCUT2D eigenvalue weighted by Crippen LogP contribution is 2.54. The fraction of sp³-hybridized carbons (Fsp3) is 0.684. The van der Waals surface area contributed by atoms with Gasteiger partial charge in [-0.3, -0.25) is 0 Å². The van der Waals surface area contributed by atoms with E-state index in [1.165, 1.54) is 44.1 Å². The van der Waals surface area contributed by atoms with Gasteiger partial charge in [0.15, 0.2) is 11.5 Å². The van der Waals surface area contributed by atoms with Crippen LogP contribution in [0.5, 0.6) is 11.5 Å². The van der Waals surface area contributed by atoms with Gasteiger partial charge < -0.3 is 14.8 Å². The number of nitrogens with two attached hydrogens (primary N) is 1. The molecule has 0 unspecified atom stereocenters. The molecule has 4 heteroatoms. The second-order valence-electron chi connectivity index (χ2n) is 7.99. The Morgan fingerprint density at radius 1 is 1.00 bits per heavy atom. The predicted octanol–water partition coefficient (Wildman–Crippen LogP) is 3.50. The molecule has 4 aliphatic rings. The highest BCUT2D eigenvalue weighted by Gasteiger charge is 2.53. The molecule has 4 fully saturated rings. The number of halogens is 1. The first kappa shape index (κ1) is 15.8. The fourth-order valence-corrected chi connectivity index (χ4v) is 6.29. The van der Waals surface area contributed by atoms with Crippen LogP contribution in [0.3, 0.4) is 0 Å². The monoisotopic (exact) mass is 380 g/mol. The summed E-state index contributed by atoms with van der Waals surface area (Å²) in [7, 11) is 3.39. The van der Waals surface area contributed by atoms with Gasteiger partial charge in [-0.15, -0.1) is 0 Å². The average molecular weight is 381 g/mol. The molecule has 2 N–H and O–H groups in total. The van der Waals surface area contributed by atoms with E-state index in [0.717, 1.165) is 40.3 Å². The first-order valence-corrected chi connectivity index (χ1v) is 9.65. The van der Waals surface area contributed by atoms with E-state index in [9.17, 15) is 0 Å². The van der Waals surface area contributed by atoms with E-state index in [0.29, 0.717) is 5.54 Å². The third-order valence-corrected chi connectivity index (χ3v) is 7.13. The molecule has 23 heavy (non-hydrogen) atoms. The van der Waals surface area contributed by atoms with Gasteiger partial charge in [0.25, 0.3) is 0 Å². The molecule has 0 spiro atoms. The Hall–Kier alpha value is -0.740. The van der Waals surface area contributed by atoms with Crippen LogP contribution in [0, 0.1) is 17.8 Å². The van der Waals surface area contributed by atoms with E-state index in [2.05, 4.69) is 27.3 Å². The lowest BCUT2D eigenvalue weighted by atomic mass is 9.53. The smallest absolute Gasteiger partial charge is 0.161 e. The minimum absolute atomic E-state index is 0.515. The second-order valence-corrected chi connectivity index (χ2v) is 8.84. The Bertz CT molecular complexity index is 566. The molecule has 0 aliphatic heterocycles. The number of ether oxygens (including phenoxy) is 2. The van der Waals surface area contributed by atoms with Gasteiger partial charge in [0, 0.05) is 29.3 Å². The van der Waals surface area contributed by atoms with E-state index in [4.69, 9.17) is 9.47 Å². The van der Waals surface area contributed by atoms with Crippen LogP contribution in [0.15, 0.2) is 16.6 Å². The van der Waals surface area contributed by atoms with Crippen molar-refractivity contribution in [3.63, 3.8) is 0 Å². The van der Waals surface area contributed by atoms with Gasteiger partial charge in [-0.05, 0) is 49.1 Å². The quantitative estimate of drug-likeness (QED) is 0.848. The molecular formula is C19H27BrNO2+. The van der Waals surface area contributed by atoms with Crippen molar-refractivity contribution in [3.8, 4) is 11.5 Å². The van der Waals surface area contributed by atoms with Gasteiger partial charge in [0.05, 0.1) is 19.8 Å². The minimum Gasteiger partial charge on any atom is -0.493 e. The molecule has 1 aromatic carbocycles. The maximum atomic E-state index is 5.47. The normalized spacial score (nSPS) is 34.7. The topological polar surface area (TPSA) is 35.1 Å². The van der Waals surface area contributed by atoms with Crippen LogP contribution >= 0.6 is 15.9 Å². The SMILES string of the molecule is COc1cc(Br)c(C[NH2+]C23CC4CC(CC(C4)C2)C3)cc1OC. The molecule has 3 nitrogen and oxygen atoms in total. The van der Waals surface area contributed by atoms with Crippen LogP contribution in [0.2, 0.25) is 0 Å². The Balaban J connectivity index is 1.51. The van der Waals surface area contributed by atoms with Gasteiger partial charge in [-0.1, -0.05) is 15.9 Å². The molecule has 0 atom stereocenters. The molecule has 0 saturated heterocycles. The van der Waals surface area contributed by atoms with Crippen LogP contribution in [-0.4, -0.2) is 19.8 Å². The summed E-state index contributed by atoms with van der Waals surface area (Å²) < 4.78 is 12.0. The van der Waals surface area contributed by atoms with Gasteiger partial charge in [-0.2, -0.15) is 0 Å². The first-order valence-electron chi connectivity index (χ1n) is 8.85. The molecule has 0 heterocycles. The molecule has 0 amide bonds. The van der Waals surface area contributed by atoms with Crippen molar-refractivity contribution in [2.24, 2.45) is 17.8 Å². The zero-order valence-electron chi connectivity index (χ0n) is 14.1. The first-order chi connectivity index (χ1) is 11.1. The Labute approximate surface area is 147 Å². The van der Waals surface area contributed by atoms with E-state index >= 15 is 0 Å². The van der Waals surface area contributed by atoms with Crippen LogP contribution < -0.4 is 14.8 Å². The lowest BCUT2D eigenvalue weighted by Crippen LogP contribution is -2.97. The summed E-state index contributed by atoms with van der Waals surface area (Å²) in [6.07, 6.45) is 8.82. The highest BCUT2D eigenvalue weighted by molar-refractivity contribution is 9.10. The van der Waals surface area contributed by atoms with Crippen molar-refractivity contribution >= 4 is 15.9 Å². The van der Waals surface area contributed by atoms with E-state index in [-0.39, 0.29) is 0 Å². The molecule has 0 radical (unpaired) electrons. The lowest BCUT2D eigenvalue weighted by molar-refractivity contribution is -0.752. The summed E-state index contributed by atoms with van der Waals surface area (Å²) in [6, 6.07) is 4.15. The molecule has 1 aromatic rings. The maximum Gasteiger partial charge on any atom is 0.161 e. The molecule has 5 rings (SSSR count). The van der Waals surface area contributed by atoms with Crippen molar-refractivity contribution in [2.75, 3.05) is 14.2 Å². The Morgan fingerprint density at radius 3 is 2.04 bits per heavy atom. The van der Waals surface area contributed by atoms with E-state index in [1.54, 1.807) is 14.2 Å². The van der Waals surface area contributed by atoms with Crippen LogP contribution in [0.4, 0.5) is 0 Å². The Morgan fingerprint density at radius 2 is 1.52 bits per heavy atom. The van der Waals surface area contributed by atoms with Gasteiger partial charge in [-0.25, -0.2) is 0 Å². The van der Waals surface area contributed by atoms with Crippen LogP contribution in [-0.2, 0) is 6.54 Å². The molecule has 126 valence electrons. The number of hydrogen-bond donors (Lipinski definition) is 1. The third kappa shape index (κ3) is 2.89. The summed E-state index contributed by atoms with van der Waals surface area (Å²) in [5.74, 6) is 4.63. The van der Waals surface area contributed by atoms with Crippen LogP contribution in [0.1, 0.15) is 44.1 Å². The number of benzene rings is 1. The predicted molar refractivity (Wildman–Crippen MR) is 93.8 cm³/mol. The summed E-state index contributed by atoms with van der Waals surface area (Å²) >= 11 is 3.71. The highest BCUT2D eigenvalue weighted by atomic mass is 79.9. The maximum absolute atomic E-state index is 5.47. The van der Waals surface area contributed by atoms with Gasteiger partial charge in [0.1, 0.15) is 6.54 Å². The Kier molecular flexibility index (Phi) is 4.09. The zero-order valence-corrected chi connectivity index (χ0v) is 15.7. The fourth-order valence-electron chi connectivity index (χ4n) is 5.81. The molecule has 4 aliphatic carbocycles. The standard InChI is InChI=1S/C19H26BrNO2/c1-22-17-6-15(16(20)7-18(17)23-2)11-21-19-8-12-3-13(9-19)5-14(4-12)10-19/h6-7,12-14,21H,3-5,8-11H2,1-2H3/p+1. The zero-order chi connectivity index (χ0) is 16.0. The number of quaternary nitrogens is 1. The van der Waals surface area contributed by atoms with Crippen molar-refractivity contribution in [3.05, 3.63) is 22.2 Å². The number of hydrogen-bond acceptors (Lipinski definition) is 2. The van der Waals surface area contributed by atoms with E-state index in [1.807, 2.05) is 6.07 Å². The van der Waals surface area contributed by atoms with Crippen molar-refractivity contribution in [2.45, 2.75) is 50.6 Å². The van der Waals surface area contributed by atoms with Crippen molar-refractivity contribution < 1.29 is 14.8 Å². The molecule has 0 aromatic heterocycles. The van der Waals surface area contributed by atoms with Gasteiger partial charge in [0.2, 0.25) is 0 Å². The van der Waals surface area contributed by atoms with Gasteiger partial charge >= 0.3 is 0 Å². The lowest BCUT2D eigenvalue weighted by Gasteiger charge is -2.54. The van der Waals surface area contributed by atoms with Crippen molar-refractivity contribution in [1.82, 2.24) is 0 Å². The summed E-state index contributed by atoms with van der Waals surface area (Å²) in [6.45, 7) is 1.02. The summed E-state index contributed by atoms with van der Waals surface area (Å²) in [5, 5.41) is 2.64. The largest absolute Gasteiger partial charge is 0.493 e. The minimum atomic E-state index is 0.515. The number of methoxy groups -OCH3 is 2. The average Bonchev–Trinajstić information content (AvgIpc) is 2.52. The summed E-state index contributed by atoms with van der Waals surface area (Å²) in [4.78, 5) is 0. The third-order valence-electron chi connectivity index (χ3n) is 6.39. The molecule has 4 bridgehead atoms. The van der Waals surface area contributed by atoms with Crippen molar-refractivity contribution in [1.29, 1.82) is 0 Å². The summed E-state index contributed by atoms with van der Waals surface area (Å²) in [5.41, 5.74) is 1.82. The van der Waals surface area contributed by atoms with Crippen LogP contribution in [0.25, 0.3) is 0 Å².